The summed E-state index contributed by atoms with van der Waals surface area (Å²) in [5, 5.41) is 3.53. The summed E-state index contributed by atoms with van der Waals surface area (Å²) in [5.41, 5.74) is 2.63. The van der Waals surface area contributed by atoms with Gasteiger partial charge in [0.2, 0.25) is 0 Å². The maximum absolute atomic E-state index is 3.58. The molecule has 0 saturated carbocycles. The number of hydrogen-bond acceptors (Lipinski definition) is 2. The number of benzene rings is 1. The summed E-state index contributed by atoms with van der Waals surface area (Å²) in [5.74, 6) is 0. The Kier molecular flexibility index (Phi) is 5.46. The standard InChI is InChI=1S/C13H21BrN2/c1-10-5-6-13(14)12(7-10)8-15-11(2)9-16(3)4/h5-7,11,15H,8-9H2,1-4H3. The van der Waals surface area contributed by atoms with E-state index in [-0.39, 0.29) is 0 Å². The second kappa shape index (κ2) is 6.38. The molecule has 1 aromatic rings. The van der Waals surface area contributed by atoms with E-state index in [0.717, 1.165) is 13.1 Å². The first kappa shape index (κ1) is 13.7. The Hall–Kier alpha value is -0.380. The molecule has 0 fully saturated rings. The van der Waals surface area contributed by atoms with Crippen molar-refractivity contribution in [2.24, 2.45) is 0 Å². The molecule has 0 aliphatic heterocycles. The van der Waals surface area contributed by atoms with Crippen LogP contribution in [0.25, 0.3) is 0 Å². The Labute approximate surface area is 107 Å². The number of hydrogen-bond donors (Lipinski definition) is 1. The van der Waals surface area contributed by atoms with E-state index < -0.39 is 0 Å². The van der Waals surface area contributed by atoms with E-state index in [2.05, 4.69) is 72.3 Å². The van der Waals surface area contributed by atoms with Gasteiger partial charge in [-0.25, -0.2) is 0 Å². The fourth-order valence-electron chi connectivity index (χ4n) is 1.74. The lowest BCUT2D eigenvalue weighted by atomic mass is 10.1. The monoisotopic (exact) mass is 284 g/mol. The lowest BCUT2D eigenvalue weighted by molar-refractivity contribution is 0.349. The second-order valence-corrected chi connectivity index (χ2v) is 5.49. The maximum atomic E-state index is 3.58. The number of halogens is 1. The molecule has 1 unspecified atom stereocenters. The zero-order chi connectivity index (χ0) is 12.1. The predicted molar refractivity (Wildman–Crippen MR) is 73.7 cm³/mol. The van der Waals surface area contributed by atoms with E-state index in [9.17, 15) is 0 Å². The third kappa shape index (κ3) is 4.64. The van der Waals surface area contributed by atoms with Gasteiger partial charge in [0.15, 0.2) is 0 Å². The van der Waals surface area contributed by atoms with Gasteiger partial charge in [0.25, 0.3) is 0 Å². The van der Waals surface area contributed by atoms with E-state index in [1.807, 2.05) is 0 Å². The summed E-state index contributed by atoms with van der Waals surface area (Å²) in [6.45, 7) is 6.31. The van der Waals surface area contributed by atoms with Crippen molar-refractivity contribution in [2.45, 2.75) is 26.4 Å². The fraction of sp³-hybridized carbons (Fsp3) is 0.538. The minimum Gasteiger partial charge on any atom is -0.309 e. The highest BCUT2D eigenvalue weighted by Gasteiger charge is 2.05. The average molecular weight is 285 g/mol. The number of nitrogens with one attached hydrogen (secondary N) is 1. The highest BCUT2D eigenvalue weighted by atomic mass is 79.9. The summed E-state index contributed by atoms with van der Waals surface area (Å²) >= 11 is 3.58. The van der Waals surface area contributed by atoms with E-state index in [4.69, 9.17) is 0 Å². The first-order chi connectivity index (χ1) is 7.49. The molecule has 16 heavy (non-hydrogen) atoms. The molecule has 0 spiro atoms. The lowest BCUT2D eigenvalue weighted by Crippen LogP contribution is -2.35. The molecule has 0 saturated heterocycles. The van der Waals surface area contributed by atoms with Crippen molar-refractivity contribution in [2.75, 3.05) is 20.6 Å². The van der Waals surface area contributed by atoms with Crippen LogP contribution in [0.5, 0.6) is 0 Å². The summed E-state index contributed by atoms with van der Waals surface area (Å²) in [4.78, 5) is 2.20. The fourth-order valence-corrected chi connectivity index (χ4v) is 2.12. The smallest absolute Gasteiger partial charge is 0.0220 e. The van der Waals surface area contributed by atoms with Crippen LogP contribution in [-0.4, -0.2) is 31.6 Å². The van der Waals surface area contributed by atoms with Crippen molar-refractivity contribution in [3.8, 4) is 0 Å². The SMILES string of the molecule is Cc1ccc(Br)c(CNC(C)CN(C)C)c1. The molecule has 3 heteroatoms. The van der Waals surface area contributed by atoms with Gasteiger partial charge in [0.05, 0.1) is 0 Å². The van der Waals surface area contributed by atoms with Crippen molar-refractivity contribution < 1.29 is 0 Å². The van der Waals surface area contributed by atoms with Gasteiger partial charge in [0.1, 0.15) is 0 Å². The molecule has 1 aromatic carbocycles. The zero-order valence-corrected chi connectivity index (χ0v) is 12.1. The average Bonchev–Trinajstić information content (AvgIpc) is 2.18. The van der Waals surface area contributed by atoms with Crippen LogP contribution in [0.4, 0.5) is 0 Å². The van der Waals surface area contributed by atoms with Crippen LogP contribution in [-0.2, 0) is 6.54 Å². The summed E-state index contributed by atoms with van der Waals surface area (Å²) < 4.78 is 1.18. The van der Waals surface area contributed by atoms with E-state index >= 15 is 0 Å². The maximum Gasteiger partial charge on any atom is 0.0220 e. The summed E-state index contributed by atoms with van der Waals surface area (Å²) in [6, 6.07) is 6.96. The van der Waals surface area contributed by atoms with Gasteiger partial charge < -0.3 is 10.2 Å². The topological polar surface area (TPSA) is 15.3 Å². The molecule has 1 rings (SSSR count). The molecule has 0 aromatic heterocycles. The van der Waals surface area contributed by atoms with Crippen molar-refractivity contribution in [3.63, 3.8) is 0 Å². The Morgan fingerprint density at radius 2 is 2.06 bits per heavy atom. The van der Waals surface area contributed by atoms with Crippen molar-refractivity contribution >= 4 is 15.9 Å². The van der Waals surface area contributed by atoms with Crippen LogP contribution in [0, 0.1) is 6.92 Å². The van der Waals surface area contributed by atoms with E-state index in [0.29, 0.717) is 6.04 Å². The first-order valence-corrected chi connectivity index (χ1v) is 6.41. The van der Waals surface area contributed by atoms with E-state index in [1.54, 1.807) is 0 Å². The van der Waals surface area contributed by atoms with Crippen LogP contribution in [0.15, 0.2) is 22.7 Å². The highest BCUT2D eigenvalue weighted by Crippen LogP contribution is 2.17. The van der Waals surface area contributed by atoms with Gasteiger partial charge >= 0.3 is 0 Å². The normalized spacial score (nSPS) is 13.1. The molecule has 0 amide bonds. The van der Waals surface area contributed by atoms with E-state index in [1.165, 1.54) is 15.6 Å². The van der Waals surface area contributed by atoms with Crippen LogP contribution >= 0.6 is 15.9 Å². The number of likely N-dealkylation sites (N-methyl/N-ethyl adjacent to an activating group) is 1. The molecule has 2 nitrogen and oxygen atoms in total. The minimum atomic E-state index is 0.502. The molecular formula is C13H21BrN2. The molecular weight excluding hydrogens is 264 g/mol. The Balaban J connectivity index is 2.51. The van der Waals surface area contributed by atoms with Crippen LogP contribution in [0.2, 0.25) is 0 Å². The lowest BCUT2D eigenvalue weighted by Gasteiger charge is -2.18. The van der Waals surface area contributed by atoms with Gasteiger partial charge in [-0.05, 0) is 39.6 Å². The second-order valence-electron chi connectivity index (χ2n) is 4.64. The number of nitrogens with zero attached hydrogens (tertiary/aromatic N) is 1. The molecule has 0 radical (unpaired) electrons. The van der Waals surface area contributed by atoms with Crippen LogP contribution < -0.4 is 5.32 Å². The van der Waals surface area contributed by atoms with Crippen molar-refractivity contribution in [1.82, 2.24) is 10.2 Å². The minimum absolute atomic E-state index is 0.502. The molecule has 1 N–H and O–H groups in total. The van der Waals surface area contributed by atoms with Crippen LogP contribution in [0.1, 0.15) is 18.1 Å². The van der Waals surface area contributed by atoms with Gasteiger partial charge in [-0.2, -0.15) is 0 Å². The Bertz CT molecular complexity index is 337. The largest absolute Gasteiger partial charge is 0.309 e. The van der Waals surface area contributed by atoms with Gasteiger partial charge in [-0.15, -0.1) is 0 Å². The Morgan fingerprint density at radius 3 is 2.69 bits per heavy atom. The van der Waals surface area contributed by atoms with Gasteiger partial charge in [-0.3, -0.25) is 0 Å². The molecule has 0 aliphatic carbocycles. The third-order valence-corrected chi connectivity index (χ3v) is 3.25. The quantitative estimate of drug-likeness (QED) is 0.895. The number of rotatable bonds is 5. The van der Waals surface area contributed by atoms with Gasteiger partial charge in [-0.1, -0.05) is 33.6 Å². The zero-order valence-electron chi connectivity index (χ0n) is 10.5. The molecule has 0 bridgehead atoms. The molecule has 1 atom stereocenters. The van der Waals surface area contributed by atoms with Crippen molar-refractivity contribution in [1.29, 1.82) is 0 Å². The van der Waals surface area contributed by atoms with Crippen molar-refractivity contribution in [3.05, 3.63) is 33.8 Å². The summed E-state index contributed by atoms with van der Waals surface area (Å²) in [7, 11) is 4.20. The number of aryl methyl sites for hydroxylation is 1. The highest BCUT2D eigenvalue weighted by molar-refractivity contribution is 9.10. The predicted octanol–water partition coefficient (Wildman–Crippen LogP) is 2.80. The Morgan fingerprint density at radius 1 is 1.38 bits per heavy atom. The first-order valence-electron chi connectivity index (χ1n) is 5.62. The molecule has 0 aliphatic rings. The third-order valence-electron chi connectivity index (χ3n) is 2.48. The molecule has 90 valence electrons. The van der Waals surface area contributed by atoms with Gasteiger partial charge in [0, 0.05) is 23.6 Å². The van der Waals surface area contributed by atoms with Crippen LogP contribution in [0.3, 0.4) is 0 Å². The summed E-state index contributed by atoms with van der Waals surface area (Å²) in [6.07, 6.45) is 0. The molecule has 0 heterocycles.